The van der Waals surface area contributed by atoms with Crippen LogP contribution in [0.1, 0.15) is 47.3 Å². The highest BCUT2D eigenvalue weighted by Gasteiger charge is 2.46. The smallest absolute Gasteiger partial charge is 0.267 e. The molecule has 1 fully saturated rings. The van der Waals surface area contributed by atoms with Crippen LogP contribution in [0.5, 0.6) is 0 Å². The van der Waals surface area contributed by atoms with Crippen LogP contribution in [-0.4, -0.2) is 53.8 Å². The summed E-state index contributed by atoms with van der Waals surface area (Å²) >= 11 is 6.49. The first-order chi connectivity index (χ1) is 17.3. The Hall–Kier alpha value is -3.36. The number of likely N-dealkylation sites (tertiary alicyclic amines) is 1. The number of halogens is 1. The molecule has 190 valence electrons. The molecule has 4 rings (SSSR count). The summed E-state index contributed by atoms with van der Waals surface area (Å²) in [6.45, 7) is 3.03. The van der Waals surface area contributed by atoms with E-state index in [-0.39, 0.29) is 24.9 Å². The third-order valence-electron chi connectivity index (χ3n) is 7.34. The summed E-state index contributed by atoms with van der Waals surface area (Å²) in [6, 6.07) is 15.0. The normalized spacial score (nSPS) is 16.0. The number of piperidine rings is 1. The highest BCUT2D eigenvalue weighted by Crippen LogP contribution is 2.46. The highest BCUT2D eigenvalue weighted by atomic mass is 35.5. The van der Waals surface area contributed by atoms with Gasteiger partial charge in [-0.15, -0.1) is 0 Å². The Kier molecular flexibility index (Phi) is 7.66. The number of carbonyl (C=O) groups excluding carboxylic acids is 3. The molecule has 6 N–H and O–H groups in total. The van der Waals surface area contributed by atoms with Crippen LogP contribution >= 0.6 is 11.6 Å². The predicted octanol–water partition coefficient (Wildman–Crippen LogP) is 2.95. The Labute approximate surface area is 215 Å². The number of rotatable bonds is 8. The number of amides is 3. The van der Waals surface area contributed by atoms with E-state index < -0.39 is 17.2 Å². The molecule has 8 nitrogen and oxygen atoms in total. The van der Waals surface area contributed by atoms with Gasteiger partial charge in [-0.3, -0.25) is 14.4 Å². The van der Waals surface area contributed by atoms with Gasteiger partial charge < -0.3 is 26.7 Å². The number of hydrogen-bond acceptors (Lipinski definition) is 4. The Balaban J connectivity index is 1.62. The van der Waals surface area contributed by atoms with Crippen molar-refractivity contribution < 1.29 is 14.4 Å². The zero-order valence-electron chi connectivity index (χ0n) is 20.4. The third kappa shape index (κ3) is 5.10. The second kappa shape index (κ2) is 10.7. The standard InChI is InChI=1S/C27H32ClN5O3/c1-2-17-7-8-21-18(13-17)14-22(32-21)26(36)31-16-27(9-11-33(12-10-27)23(34)15-29)24(25(30)35)19-5-3-4-6-20(19)28/h3-8,13-14,24,32H,2,9-12,15-16,29H2,1H3,(H2,30,35)(H,31,36). The monoisotopic (exact) mass is 509 g/mol. The lowest BCUT2D eigenvalue weighted by molar-refractivity contribution is -0.133. The Morgan fingerprint density at radius 2 is 1.86 bits per heavy atom. The highest BCUT2D eigenvalue weighted by molar-refractivity contribution is 6.31. The van der Waals surface area contributed by atoms with Gasteiger partial charge in [0.15, 0.2) is 0 Å². The number of aromatic amines is 1. The molecule has 3 aromatic rings. The molecule has 1 saturated heterocycles. The minimum atomic E-state index is -0.739. The summed E-state index contributed by atoms with van der Waals surface area (Å²) in [5.74, 6) is -1.68. The quantitative estimate of drug-likeness (QED) is 0.371. The number of nitrogens with zero attached hydrogens (tertiary/aromatic N) is 1. The summed E-state index contributed by atoms with van der Waals surface area (Å²) in [5, 5.41) is 4.44. The molecule has 0 aliphatic carbocycles. The molecule has 2 heterocycles. The first kappa shape index (κ1) is 25.7. The maximum Gasteiger partial charge on any atom is 0.267 e. The average Bonchev–Trinajstić information content (AvgIpc) is 3.32. The number of nitrogens with two attached hydrogens (primary N) is 2. The van der Waals surface area contributed by atoms with Crippen molar-refractivity contribution >= 4 is 40.2 Å². The lowest BCUT2D eigenvalue weighted by Gasteiger charge is -2.46. The number of benzene rings is 2. The van der Waals surface area contributed by atoms with Gasteiger partial charge in [-0.25, -0.2) is 0 Å². The molecule has 9 heteroatoms. The molecule has 1 unspecified atom stereocenters. The van der Waals surface area contributed by atoms with Crippen molar-refractivity contribution in [3.8, 4) is 0 Å². The molecule has 0 spiro atoms. The molecule has 1 atom stereocenters. The van der Waals surface area contributed by atoms with Crippen molar-refractivity contribution in [1.29, 1.82) is 0 Å². The number of aromatic nitrogens is 1. The zero-order valence-corrected chi connectivity index (χ0v) is 21.1. The van der Waals surface area contributed by atoms with Gasteiger partial charge in [0.05, 0.1) is 12.5 Å². The maximum absolute atomic E-state index is 13.2. The van der Waals surface area contributed by atoms with Gasteiger partial charge in [-0.2, -0.15) is 0 Å². The lowest BCUT2D eigenvalue weighted by Crippen LogP contribution is -2.53. The van der Waals surface area contributed by atoms with Crippen LogP contribution in [0, 0.1) is 5.41 Å². The van der Waals surface area contributed by atoms with Gasteiger partial charge in [0.1, 0.15) is 5.69 Å². The van der Waals surface area contributed by atoms with Crippen molar-refractivity contribution in [2.24, 2.45) is 16.9 Å². The number of carbonyl (C=O) groups is 3. The third-order valence-corrected chi connectivity index (χ3v) is 7.68. The van der Waals surface area contributed by atoms with Crippen molar-refractivity contribution in [1.82, 2.24) is 15.2 Å². The minimum absolute atomic E-state index is 0.0758. The zero-order chi connectivity index (χ0) is 25.9. The van der Waals surface area contributed by atoms with Crippen LogP contribution in [0.15, 0.2) is 48.5 Å². The van der Waals surface area contributed by atoms with Crippen molar-refractivity contribution in [3.63, 3.8) is 0 Å². The summed E-state index contributed by atoms with van der Waals surface area (Å²) in [6.07, 6.45) is 1.83. The summed E-state index contributed by atoms with van der Waals surface area (Å²) in [4.78, 5) is 43.1. The van der Waals surface area contributed by atoms with Gasteiger partial charge in [0.2, 0.25) is 11.8 Å². The SMILES string of the molecule is CCc1ccc2[nH]c(C(=O)NCC3(C(C(N)=O)c4ccccc4Cl)CCN(C(=O)CN)CC3)cc2c1. The van der Waals surface area contributed by atoms with Crippen LogP contribution in [0.2, 0.25) is 5.02 Å². The van der Waals surface area contributed by atoms with Crippen LogP contribution < -0.4 is 16.8 Å². The largest absolute Gasteiger partial charge is 0.369 e. The molecular weight excluding hydrogens is 478 g/mol. The van der Waals surface area contributed by atoms with Gasteiger partial charge in [0.25, 0.3) is 5.91 Å². The van der Waals surface area contributed by atoms with Crippen LogP contribution in [0.25, 0.3) is 10.9 Å². The summed E-state index contributed by atoms with van der Waals surface area (Å²) < 4.78 is 0. The first-order valence-corrected chi connectivity index (χ1v) is 12.6. The fraction of sp³-hybridized carbons (Fsp3) is 0.370. The molecule has 0 radical (unpaired) electrons. The van der Waals surface area contributed by atoms with E-state index in [0.717, 1.165) is 17.3 Å². The van der Waals surface area contributed by atoms with Crippen molar-refractivity contribution in [3.05, 3.63) is 70.4 Å². The number of hydrogen-bond donors (Lipinski definition) is 4. The minimum Gasteiger partial charge on any atom is -0.369 e. The molecule has 3 amide bonds. The Bertz CT molecular complexity index is 1280. The van der Waals surface area contributed by atoms with Crippen LogP contribution in [-0.2, 0) is 16.0 Å². The Morgan fingerprint density at radius 3 is 2.50 bits per heavy atom. The second-order valence-electron chi connectivity index (χ2n) is 9.45. The van der Waals surface area contributed by atoms with Crippen molar-refractivity contribution in [2.45, 2.75) is 32.1 Å². The molecule has 1 aliphatic heterocycles. The van der Waals surface area contributed by atoms with E-state index in [2.05, 4.69) is 23.3 Å². The van der Waals surface area contributed by atoms with Crippen LogP contribution in [0.3, 0.4) is 0 Å². The van der Waals surface area contributed by atoms with Crippen molar-refractivity contribution in [2.75, 3.05) is 26.2 Å². The molecule has 0 bridgehead atoms. The van der Waals surface area contributed by atoms with Gasteiger partial charge in [-0.1, -0.05) is 42.8 Å². The van der Waals surface area contributed by atoms with Gasteiger partial charge >= 0.3 is 0 Å². The van der Waals surface area contributed by atoms with E-state index >= 15 is 0 Å². The molecular formula is C27H32ClN5O3. The lowest BCUT2D eigenvalue weighted by atomic mass is 9.65. The van der Waals surface area contributed by atoms with E-state index in [4.69, 9.17) is 23.1 Å². The first-order valence-electron chi connectivity index (χ1n) is 12.2. The van der Waals surface area contributed by atoms with Crippen LogP contribution in [0.4, 0.5) is 0 Å². The maximum atomic E-state index is 13.2. The van der Waals surface area contributed by atoms with E-state index in [1.165, 1.54) is 5.56 Å². The fourth-order valence-corrected chi connectivity index (χ4v) is 5.51. The summed E-state index contributed by atoms with van der Waals surface area (Å²) in [7, 11) is 0. The molecule has 1 aromatic heterocycles. The van der Waals surface area contributed by atoms with E-state index in [9.17, 15) is 14.4 Å². The predicted molar refractivity (Wildman–Crippen MR) is 141 cm³/mol. The number of primary amides is 1. The number of fused-ring (bicyclic) bond motifs is 1. The molecule has 0 saturated carbocycles. The molecule has 1 aliphatic rings. The van der Waals surface area contributed by atoms with E-state index in [1.807, 2.05) is 24.3 Å². The number of nitrogens with one attached hydrogen (secondary N) is 2. The van der Waals surface area contributed by atoms with Gasteiger partial charge in [-0.05, 0) is 54.7 Å². The summed E-state index contributed by atoms with van der Waals surface area (Å²) in [5.41, 5.74) is 13.9. The van der Waals surface area contributed by atoms with Gasteiger partial charge in [0, 0.05) is 41.0 Å². The van der Waals surface area contributed by atoms with E-state index in [0.29, 0.717) is 42.2 Å². The molecule has 2 aromatic carbocycles. The number of aryl methyl sites for hydroxylation is 1. The average molecular weight is 510 g/mol. The fourth-order valence-electron chi connectivity index (χ4n) is 5.27. The van der Waals surface area contributed by atoms with E-state index in [1.54, 1.807) is 23.1 Å². The topological polar surface area (TPSA) is 134 Å². The Morgan fingerprint density at radius 1 is 1.14 bits per heavy atom. The second-order valence-corrected chi connectivity index (χ2v) is 9.85. The molecule has 36 heavy (non-hydrogen) atoms. The number of H-pyrrole nitrogens is 1.